The van der Waals surface area contributed by atoms with Gasteiger partial charge in [-0.05, 0) is 19.4 Å². The van der Waals surface area contributed by atoms with E-state index in [0.717, 1.165) is 11.3 Å². The standard InChI is InChI=1S/C13H20N2OS/c1-10(2)15-13(16)9-17-8-12(14)11-6-4-3-5-7-11/h3-7,10,12H,8-9,14H2,1-2H3,(H,15,16). The van der Waals surface area contributed by atoms with Gasteiger partial charge in [0, 0.05) is 17.8 Å². The molecule has 0 aliphatic heterocycles. The number of carbonyl (C=O) groups excluding carboxylic acids is 1. The maximum atomic E-state index is 11.4. The zero-order chi connectivity index (χ0) is 12.7. The molecule has 0 bridgehead atoms. The Kier molecular flexibility index (Phi) is 6.08. The highest BCUT2D eigenvalue weighted by Gasteiger charge is 2.08. The van der Waals surface area contributed by atoms with E-state index in [1.54, 1.807) is 11.8 Å². The molecule has 0 aliphatic carbocycles. The molecule has 1 aromatic rings. The SMILES string of the molecule is CC(C)NC(=O)CSCC(N)c1ccccc1. The van der Waals surface area contributed by atoms with Gasteiger partial charge in [0.15, 0.2) is 0 Å². The molecule has 0 fully saturated rings. The number of thioether (sulfide) groups is 1. The Bertz CT molecular complexity index is 341. The molecule has 3 N–H and O–H groups in total. The van der Waals surface area contributed by atoms with Gasteiger partial charge in [0.1, 0.15) is 0 Å². The predicted molar refractivity (Wildman–Crippen MR) is 74.0 cm³/mol. The van der Waals surface area contributed by atoms with E-state index in [-0.39, 0.29) is 18.0 Å². The highest BCUT2D eigenvalue weighted by molar-refractivity contribution is 7.99. The van der Waals surface area contributed by atoms with E-state index >= 15 is 0 Å². The maximum absolute atomic E-state index is 11.4. The Morgan fingerprint density at radius 3 is 2.59 bits per heavy atom. The molecular weight excluding hydrogens is 232 g/mol. The minimum absolute atomic E-state index is 0.00644. The fourth-order valence-electron chi connectivity index (χ4n) is 1.44. The molecular formula is C13H20N2OS. The highest BCUT2D eigenvalue weighted by Crippen LogP contribution is 2.15. The van der Waals surface area contributed by atoms with Gasteiger partial charge in [0.05, 0.1) is 5.75 Å². The molecule has 3 nitrogen and oxygen atoms in total. The molecule has 1 amide bonds. The molecule has 1 rings (SSSR count). The Balaban J connectivity index is 2.25. The summed E-state index contributed by atoms with van der Waals surface area (Å²) in [6.45, 7) is 3.91. The smallest absolute Gasteiger partial charge is 0.230 e. The van der Waals surface area contributed by atoms with Crippen molar-refractivity contribution >= 4 is 17.7 Å². The van der Waals surface area contributed by atoms with Crippen molar-refractivity contribution in [3.8, 4) is 0 Å². The fraction of sp³-hybridized carbons (Fsp3) is 0.462. The number of amides is 1. The van der Waals surface area contributed by atoms with Crippen LogP contribution in [-0.4, -0.2) is 23.5 Å². The van der Waals surface area contributed by atoms with Gasteiger partial charge in [-0.15, -0.1) is 0 Å². The Morgan fingerprint density at radius 1 is 1.35 bits per heavy atom. The summed E-state index contributed by atoms with van der Waals surface area (Å²) < 4.78 is 0. The van der Waals surface area contributed by atoms with Crippen LogP contribution >= 0.6 is 11.8 Å². The van der Waals surface area contributed by atoms with E-state index in [4.69, 9.17) is 5.73 Å². The fourth-order valence-corrected chi connectivity index (χ4v) is 2.27. The van der Waals surface area contributed by atoms with E-state index in [2.05, 4.69) is 5.32 Å². The molecule has 0 saturated carbocycles. The lowest BCUT2D eigenvalue weighted by Gasteiger charge is -2.12. The van der Waals surface area contributed by atoms with Crippen LogP contribution in [0, 0.1) is 0 Å². The van der Waals surface area contributed by atoms with E-state index in [0.29, 0.717) is 5.75 Å². The lowest BCUT2D eigenvalue weighted by molar-refractivity contribution is -0.119. The summed E-state index contributed by atoms with van der Waals surface area (Å²) in [5, 5.41) is 2.86. The van der Waals surface area contributed by atoms with Crippen LogP contribution in [0.4, 0.5) is 0 Å². The number of benzene rings is 1. The average Bonchev–Trinajstić information content (AvgIpc) is 2.29. The van der Waals surface area contributed by atoms with Crippen LogP contribution < -0.4 is 11.1 Å². The summed E-state index contributed by atoms with van der Waals surface area (Å²) >= 11 is 1.57. The van der Waals surface area contributed by atoms with Crippen molar-refractivity contribution in [1.29, 1.82) is 0 Å². The van der Waals surface area contributed by atoms with Gasteiger partial charge < -0.3 is 11.1 Å². The Labute approximate surface area is 107 Å². The molecule has 94 valence electrons. The first-order chi connectivity index (χ1) is 8.09. The van der Waals surface area contributed by atoms with Gasteiger partial charge in [-0.3, -0.25) is 4.79 Å². The van der Waals surface area contributed by atoms with E-state index < -0.39 is 0 Å². The second kappa shape index (κ2) is 7.35. The molecule has 0 heterocycles. The van der Waals surface area contributed by atoms with Gasteiger partial charge in [-0.25, -0.2) is 0 Å². The summed E-state index contributed by atoms with van der Waals surface area (Å²) in [7, 11) is 0. The van der Waals surface area contributed by atoms with Crippen molar-refractivity contribution in [1.82, 2.24) is 5.32 Å². The first-order valence-electron chi connectivity index (χ1n) is 5.77. The van der Waals surface area contributed by atoms with E-state index in [1.807, 2.05) is 44.2 Å². The summed E-state index contributed by atoms with van der Waals surface area (Å²) in [4.78, 5) is 11.4. The van der Waals surface area contributed by atoms with Crippen LogP contribution in [0.1, 0.15) is 25.5 Å². The number of carbonyl (C=O) groups is 1. The van der Waals surface area contributed by atoms with Gasteiger partial charge in [-0.1, -0.05) is 30.3 Å². The molecule has 0 saturated heterocycles. The third-order valence-electron chi connectivity index (χ3n) is 2.21. The molecule has 0 radical (unpaired) electrons. The zero-order valence-electron chi connectivity index (χ0n) is 10.3. The van der Waals surface area contributed by atoms with E-state index in [9.17, 15) is 4.79 Å². The second-order valence-electron chi connectivity index (χ2n) is 4.25. The van der Waals surface area contributed by atoms with Crippen LogP contribution in [0.25, 0.3) is 0 Å². The number of rotatable bonds is 6. The number of nitrogens with two attached hydrogens (primary N) is 1. The minimum Gasteiger partial charge on any atom is -0.353 e. The number of nitrogens with one attached hydrogen (secondary N) is 1. The van der Waals surface area contributed by atoms with Crippen molar-refractivity contribution in [2.24, 2.45) is 5.73 Å². The van der Waals surface area contributed by atoms with Crippen LogP contribution in [0.3, 0.4) is 0 Å². The van der Waals surface area contributed by atoms with E-state index in [1.165, 1.54) is 0 Å². The summed E-state index contributed by atoms with van der Waals surface area (Å²) in [6.07, 6.45) is 0. The first kappa shape index (κ1) is 14.1. The zero-order valence-corrected chi connectivity index (χ0v) is 11.2. The summed E-state index contributed by atoms with van der Waals surface area (Å²) in [6, 6.07) is 10.1. The topological polar surface area (TPSA) is 55.1 Å². The van der Waals surface area contributed by atoms with Gasteiger partial charge in [0.2, 0.25) is 5.91 Å². The van der Waals surface area contributed by atoms with Crippen LogP contribution in [0.5, 0.6) is 0 Å². The maximum Gasteiger partial charge on any atom is 0.230 e. The van der Waals surface area contributed by atoms with Crippen molar-refractivity contribution in [2.75, 3.05) is 11.5 Å². The molecule has 0 spiro atoms. The van der Waals surface area contributed by atoms with Crippen molar-refractivity contribution in [3.63, 3.8) is 0 Å². The lowest BCUT2D eigenvalue weighted by atomic mass is 10.1. The molecule has 0 aromatic heterocycles. The van der Waals surface area contributed by atoms with Crippen LogP contribution in [0.2, 0.25) is 0 Å². The third kappa shape index (κ3) is 5.75. The Hall–Kier alpha value is -1.00. The average molecular weight is 252 g/mol. The lowest BCUT2D eigenvalue weighted by Crippen LogP contribution is -2.31. The minimum atomic E-state index is -0.00644. The van der Waals surface area contributed by atoms with Gasteiger partial charge >= 0.3 is 0 Å². The predicted octanol–water partition coefficient (Wildman–Crippen LogP) is 1.94. The summed E-state index contributed by atoms with van der Waals surface area (Å²) in [5.41, 5.74) is 7.14. The second-order valence-corrected chi connectivity index (χ2v) is 5.28. The van der Waals surface area contributed by atoms with Crippen molar-refractivity contribution in [2.45, 2.75) is 25.9 Å². The molecule has 1 atom stereocenters. The summed E-state index contributed by atoms with van der Waals surface area (Å²) in [5.74, 6) is 1.30. The number of hydrogen-bond donors (Lipinski definition) is 2. The van der Waals surface area contributed by atoms with Crippen molar-refractivity contribution < 1.29 is 4.79 Å². The van der Waals surface area contributed by atoms with Crippen LogP contribution in [-0.2, 0) is 4.79 Å². The Morgan fingerprint density at radius 2 is 2.00 bits per heavy atom. The largest absolute Gasteiger partial charge is 0.353 e. The molecule has 17 heavy (non-hydrogen) atoms. The quantitative estimate of drug-likeness (QED) is 0.813. The monoisotopic (exact) mass is 252 g/mol. The van der Waals surface area contributed by atoms with Crippen LogP contribution in [0.15, 0.2) is 30.3 Å². The molecule has 0 aliphatic rings. The third-order valence-corrected chi connectivity index (χ3v) is 3.27. The number of hydrogen-bond acceptors (Lipinski definition) is 3. The highest BCUT2D eigenvalue weighted by atomic mass is 32.2. The molecule has 1 aromatic carbocycles. The van der Waals surface area contributed by atoms with Crippen molar-refractivity contribution in [3.05, 3.63) is 35.9 Å². The first-order valence-corrected chi connectivity index (χ1v) is 6.92. The molecule has 1 unspecified atom stereocenters. The van der Waals surface area contributed by atoms with Gasteiger partial charge in [-0.2, -0.15) is 11.8 Å². The normalized spacial score (nSPS) is 12.5. The van der Waals surface area contributed by atoms with Gasteiger partial charge in [0.25, 0.3) is 0 Å². The molecule has 4 heteroatoms.